The highest BCUT2D eigenvalue weighted by Gasteiger charge is 2.41. The van der Waals surface area contributed by atoms with Gasteiger partial charge >= 0.3 is 71.9 Å². The summed E-state index contributed by atoms with van der Waals surface area (Å²) in [5.41, 5.74) is 2.26. The maximum Gasteiger partial charge on any atom is 0.513 e. The molecule has 131 heavy (non-hydrogen) atoms. The third kappa shape index (κ3) is 33.3. The predicted octanol–water partition coefficient (Wildman–Crippen LogP) is 20.8. The van der Waals surface area contributed by atoms with Crippen LogP contribution in [0.25, 0.3) is 0 Å². The number of halogens is 1. The first kappa shape index (κ1) is 100. The summed E-state index contributed by atoms with van der Waals surface area (Å²) in [7, 11) is -17.1. The second-order valence-corrected chi connectivity index (χ2v) is 34.7. The molecule has 0 amide bonds. The van der Waals surface area contributed by atoms with E-state index in [1.54, 1.807) is 214 Å². The van der Waals surface area contributed by atoms with Gasteiger partial charge < -0.3 is 55.1 Å². The van der Waals surface area contributed by atoms with Crippen LogP contribution in [0.3, 0.4) is 0 Å². The third-order valence-corrected chi connectivity index (χ3v) is 24.0. The summed E-state index contributed by atoms with van der Waals surface area (Å²) in [6.07, 6.45) is 0. The largest absolute Gasteiger partial charge is 0.513 e. The number of rotatable bonds is 40. The zero-order valence-corrected chi connectivity index (χ0v) is 75.0. The molecule has 0 heterocycles. The molecule has 682 valence electrons. The summed E-state index contributed by atoms with van der Waals surface area (Å²) in [5, 5.41) is 55.7. The first-order valence-corrected chi connectivity index (χ1v) is 46.0. The number of hydrogen-bond donors (Lipinski definition) is 4. The minimum absolute atomic E-state index is 0.0276. The lowest BCUT2D eigenvalue weighted by atomic mass is 10.2. The Bertz CT molecular complexity index is 5860. The van der Waals surface area contributed by atoms with Crippen LogP contribution in [0.5, 0.6) is 46.0 Å². The van der Waals surface area contributed by atoms with E-state index in [2.05, 4.69) is 20.3 Å². The molecule has 0 spiro atoms. The van der Waals surface area contributed by atoms with Gasteiger partial charge in [-0.1, -0.05) is 230 Å². The number of nitrogens with zero attached hydrogens (tertiary/aromatic N) is 4. The number of non-ortho nitro benzene ring substituents is 1. The quantitative estimate of drug-likeness (QED) is 0.00911. The second kappa shape index (κ2) is 49.2. The Morgan fingerprint density at radius 1 is 0.290 bits per heavy atom. The highest BCUT2D eigenvalue weighted by atomic mass is 35.5. The van der Waals surface area contributed by atoms with Crippen LogP contribution in [0.2, 0.25) is 5.02 Å². The topological polar surface area (TPSA) is 468 Å². The molecule has 0 saturated heterocycles. The van der Waals surface area contributed by atoms with Crippen molar-refractivity contribution in [1.82, 2.24) is 20.3 Å². The van der Waals surface area contributed by atoms with Gasteiger partial charge in [-0.2, -0.15) is 20.3 Å². The Hall–Kier alpha value is -14.4. The molecule has 0 aliphatic heterocycles. The third-order valence-electron chi connectivity index (χ3n) is 17.3. The van der Waals surface area contributed by atoms with E-state index in [9.17, 15) is 77.9 Å². The number of ether oxygens (including phenoxy) is 4. The van der Waals surface area contributed by atoms with Crippen LogP contribution >= 0.6 is 42.6 Å². The Morgan fingerprint density at radius 2 is 0.511 bits per heavy atom. The number of benzene rings is 12. The van der Waals surface area contributed by atoms with E-state index in [1.807, 2.05) is 66.7 Å². The number of esters is 4. The maximum absolute atomic E-state index is 13.6. The van der Waals surface area contributed by atoms with Crippen molar-refractivity contribution in [2.45, 2.75) is 92.1 Å². The summed E-state index contributed by atoms with van der Waals surface area (Å²) in [6.45, 7) is 9.21. The number of carbonyl (C=O) groups excluding carboxylic acids is 4. The molecular formula is C90H87ClN8O28P4. The van der Waals surface area contributed by atoms with Gasteiger partial charge in [-0.3, -0.25) is 59.6 Å². The fraction of sp³-hybridized carbons (Fsp3) is 0.156. The van der Waals surface area contributed by atoms with E-state index in [4.69, 9.17) is 66.7 Å². The number of aryl methyl sites for hydroxylation is 2. The van der Waals surface area contributed by atoms with Crippen LogP contribution in [-0.4, -0.2) is 67.7 Å². The monoisotopic (exact) mass is 1890 g/mol. The molecule has 0 bridgehead atoms. The van der Waals surface area contributed by atoms with Crippen molar-refractivity contribution in [1.29, 1.82) is 0 Å². The molecule has 0 radical (unpaired) electrons. The summed E-state index contributed by atoms with van der Waals surface area (Å²) in [5.74, 6) is -2.93. The van der Waals surface area contributed by atoms with Crippen molar-refractivity contribution in [2.24, 2.45) is 0 Å². The smallest absolute Gasteiger partial charge is 0.460 e. The number of carbonyl (C=O) groups is 4. The van der Waals surface area contributed by atoms with E-state index in [0.717, 1.165) is 34.4 Å². The van der Waals surface area contributed by atoms with Gasteiger partial charge in [0.2, 0.25) is 17.2 Å². The van der Waals surface area contributed by atoms with Gasteiger partial charge in [0, 0.05) is 18.2 Å². The van der Waals surface area contributed by atoms with E-state index in [1.165, 1.54) is 64.1 Å². The molecule has 4 N–H and O–H groups in total. The highest BCUT2D eigenvalue weighted by Crippen LogP contribution is 2.52. The average molecular weight is 1890 g/mol. The molecule has 0 aliphatic rings. The molecule has 12 aromatic rings. The fourth-order valence-corrected chi connectivity index (χ4v) is 17.3. The van der Waals surface area contributed by atoms with E-state index < -0.39 is 116 Å². The molecule has 1 unspecified atom stereocenters. The van der Waals surface area contributed by atoms with E-state index >= 15 is 0 Å². The fourth-order valence-electron chi connectivity index (χ4n) is 10.9. The van der Waals surface area contributed by atoms with Crippen molar-refractivity contribution in [3.8, 4) is 46.0 Å². The molecular weight excluding hydrogens is 1800 g/mol. The van der Waals surface area contributed by atoms with E-state index in [0.29, 0.717) is 22.9 Å². The molecule has 8 atom stereocenters. The standard InChI is InChI=1S/2C23H23N2O7P.C22H21ClNO5P.C22H20N3O9P/c2*1-17-13-14-22(21(15-17)25(27)28)32-33(29,31-20-11-7-4-8-12-20)24-18(2)23(26)30-16-19-9-5-3-6-10-19;1-17(22(25)27-16-18-10-4-2-5-11-18)24-30(26,28-19-12-6-3-7-13-19)29-21-15-9-8-14-20(21)23;1-16(22(26)32-15-17-8-4-2-5-9-17)23-35(31,33-19-10-6-3-7-11-19)34-21-13-12-18(24(27)28)14-20(21)25(29)30/h2*3-15,18H,16H2,1-2H3,(H,24,29);2-15,17H,16H2,1H3,(H,24,26);2-14,16H,15H2,1H3,(H,23,31)/t18-,33?;18-,33+;17-,30+;16-,35-/m0000/s1. The molecule has 0 saturated carbocycles. The van der Waals surface area contributed by atoms with Gasteiger partial charge in [0.15, 0.2) is 0 Å². The maximum atomic E-state index is 13.6. The lowest BCUT2D eigenvalue weighted by Crippen LogP contribution is -2.35. The Kier molecular flexibility index (Phi) is 37.7. The Balaban J connectivity index is 0.000000197. The van der Waals surface area contributed by atoms with Gasteiger partial charge in [0.25, 0.3) is 5.69 Å². The molecule has 12 rings (SSSR count). The number of nitrogens with one attached hydrogen (secondary N) is 4. The molecule has 36 nitrogen and oxygen atoms in total. The summed E-state index contributed by atoms with van der Waals surface area (Å²) < 4.78 is 120. The van der Waals surface area contributed by atoms with Gasteiger partial charge in [0.1, 0.15) is 79.3 Å². The number of para-hydroxylation sites is 5. The Morgan fingerprint density at radius 3 is 0.756 bits per heavy atom. The van der Waals surface area contributed by atoms with Crippen molar-refractivity contribution in [2.75, 3.05) is 0 Å². The molecule has 0 aliphatic carbocycles. The minimum Gasteiger partial charge on any atom is -0.460 e. The zero-order chi connectivity index (χ0) is 94.5. The van der Waals surface area contributed by atoms with Crippen LogP contribution in [0, 0.1) is 54.3 Å². The van der Waals surface area contributed by atoms with Crippen LogP contribution in [0.4, 0.5) is 22.7 Å². The summed E-state index contributed by atoms with van der Waals surface area (Å²) >= 11 is 6.13. The lowest BCUT2D eigenvalue weighted by molar-refractivity contribution is -0.394. The van der Waals surface area contributed by atoms with Crippen LogP contribution in [0.1, 0.15) is 61.1 Å². The minimum atomic E-state index is -4.50. The lowest BCUT2D eigenvalue weighted by Gasteiger charge is -2.23. The van der Waals surface area contributed by atoms with Crippen molar-refractivity contribution >= 4 is 89.2 Å². The SMILES string of the molecule is C[C@H](N[P@@](=O)(Oc1ccccc1)Oc1ccccc1Cl)C(=O)OCc1ccccc1.C[C@H](N[P@](=O)(Oc1ccccc1)Oc1ccc([N+](=O)[O-])cc1[N+](=O)[O-])C(=O)OCc1ccccc1.Cc1ccc(OP(=O)(N[C@@H](C)C(=O)OCc2ccccc2)Oc2ccccc2)c([N+](=O)[O-])c1.Cc1ccc(O[P@@](=O)(N[C@@H](C)C(=O)OCc2ccccc2)Oc2ccccc2)c([N+](=O)[O-])c1. The second-order valence-electron chi connectivity index (χ2n) is 27.8. The van der Waals surface area contributed by atoms with Gasteiger partial charge in [-0.25, -0.2) is 18.3 Å². The number of hydrogen-bond acceptors (Lipinski definition) is 28. The molecule has 0 fully saturated rings. The van der Waals surface area contributed by atoms with Crippen molar-refractivity contribution in [3.63, 3.8) is 0 Å². The van der Waals surface area contributed by atoms with Crippen molar-refractivity contribution in [3.05, 3.63) is 400 Å². The van der Waals surface area contributed by atoms with Crippen LogP contribution < -0.4 is 56.5 Å². The normalized spacial score (nSPS) is 13.4. The van der Waals surface area contributed by atoms with Gasteiger partial charge in [-0.05, 0) is 154 Å². The average Bonchev–Trinajstić information content (AvgIpc) is 0.803. The Labute approximate surface area is 756 Å². The van der Waals surface area contributed by atoms with Gasteiger partial charge in [-0.15, -0.1) is 0 Å². The number of nitro benzene ring substituents is 4. The van der Waals surface area contributed by atoms with Gasteiger partial charge in [0.05, 0.1) is 30.8 Å². The summed E-state index contributed by atoms with van der Waals surface area (Å²) in [4.78, 5) is 92.3. The number of nitro groups is 4. The molecule has 12 aromatic carbocycles. The van der Waals surface area contributed by atoms with Crippen LogP contribution in [0.15, 0.2) is 322 Å². The van der Waals surface area contributed by atoms with Crippen LogP contribution in [-0.2, 0) is 82.8 Å². The molecule has 41 heteroatoms. The molecule has 0 aromatic heterocycles. The first-order chi connectivity index (χ1) is 62.6. The summed E-state index contributed by atoms with van der Waals surface area (Å²) in [6, 6.07) is 81.9. The van der Waals surface area contributed by atoms with E-state index in [-0.39, 0.29) is 77.3 Å². The zero-order valence-electron chi connectivity index (χ0n) is 70.6. The first-order valence-electron chi connectivity index (χ1n) is 39.4. The highest BCUT2D eigenvalue weighted by molar-refractivity contribution is 7.53. The van der Waals surface area contributed by atoms with Crippen molar-refractivity contribution < 1.29 is 112 Å². The predicted molar refractivity (Wildman–Crippen MR) is 483 cm³/mol.